The number of allylic oxidation sites excluding steroid dienone is 7. The predicted octanol–water partition coefficient (Wildman–Crippen LogP) is 13.7. The number of carbonyl (C=O) groups excluding carboxylic acids is 2. The highest BCUT2D eigenvalue weighted by molar-refractivity contribution is 5.80. The first kappa shape index (κ1) is 67.6. The van der Waals surface area contributed by atoms with Crippen molar-refractivity contribution >= 4 is 11.9 Å². The van der Waals surface area contributed by atoms with Crippen LogP contribution in [0.3, 0.4) is 0 Å². The summed E-state index contributed by atoms with van der Waals surface area (Å²) in [6.45, 7) is 5.74. The molecule has 1 rings (SSSR count). The van der Waals surface area contributed by atoms with Crippen molar-refractivity contribution in [2.75, 3.05) is 13.2 Å². The van der Waals surface area contributed by atoms with E-state index in [1.807, 2.05) is 6.08 Å². The first-order chi connectivity index (χ1) is 35.2. The molecule has 0 aromatic rings. The Hall–Kier alpha value is -2.38. The first-order valence-corrected chi connectivity index (χ1v) is 29.9. The molecule has 1 fully saturated rings. The third kappa shape index (κ3) is 37.4. The molecule has 0 bridgehead atoms. The predicted molar refractivity (Wildman–Crippen MR) is 297 cm³/mol. The van der Waals surface area contributed by atoms with E-state index in [0.717, 1.165) is 96.3 Å². The lowest BCUT2D eigenvalue weighted by Gasteiger charge is -2.41. The molecular weight excluding hydrogens is 907 g/mol. The van der Waals surface area contributed by atoms with Gasteiger partial charge in [0, 0.05) is 6.42 Å². The molecule has 1 aliphatic rings. The van der Waals surface area contributed by atoms with Gasteiger partial charge in [-0.1, -0.05) is 223 Å². The van der Waals surface area contributed by atoms with Gasteiger partial charge in [0.2, 0.25) is 5.91 Å². The van der Waals surface area contributed by atoms with E-state index in [1.165, 1.54) is 122 Å². The topological polar surface area (TPSA) is 175 Å². The third-order valence-electron chi connectivity index (χ3n) is 14.0. The van der Waals surface area contributed by atoms with E-state index in [2.05, 4.69) is 62.5 Å². The Morgan fingerprint density at radius 1 is 0.542 bits per heavy atom. The van der Waals surface area contributed by atoms with Gasteiger partial charge in [-0.2, -0.15) is 0 Å². The molecule has 1 heterocycles. The summed E-state index contributed by atoms with van der Waals surface area (Å²) in [5, 5.41) is 56.9. The molecule has 6 N–H and O–H groups in total. The monoisotopic (exact) mass is 1020 g/mol. The van der Waals surface area contributed by atoms with Crippen LogP contribution in [0.4, 0.5) is 0 Å². The van der Waals surface area contributed by atoms with E-state index in [9.17, 15) is 35.1 Å². The van der Waals surface area contributed by atoms with Crippen molar-refractivity contribution < 1.29 is 49.3 Å². The van der Waals surface area contributed by atoms with Gasteiger partial charge in [-0.25, -0.2) is 0 Å². The minimum atomic E-state index is -1.62. The molecule has 420 valence electrons. The number of aliphatic hydroxyl groups is 5. The molecular formula is C61H111NO10. The zero-order valence-corrected chi connectivity index (χ0v) is 46.3. The molecule has 0 radical (unpaired) electrons. The second kappa shape index (κ2) is 49.5. The molecule has 1 saturated heterocycles. The van der Waals surface area contributed by atoms with Crippen LogP contribution in [0, 0.1) is 0 Å². The third-order valence-corrected chi connectivity index (χ3v) is 14.0. The molecule has 0 aromatic heterocycles. The van der Waals surface area contributed by atoms with Crippen molar-refractivity contribution in [2.45, 2.75) is 314 Å². The molecule has 0 aromatic carbocycles. The number of carbonyl (C=O) groups is 2. The Morgan fingerprint density at radius 2 is 0.958 bits per heavy atom. The Kier molecular flexibility index (Phi) is 46.5. The maximum absolute atomic E-state index is 13.4. The average molecular weight is 1020 g/mol. The highest BCUT2D eigenvalue weighted by Crippen LogP contribution is 2.26. The minimum absolute atomic E-state index is 0.118. The average Bonchev–Trinajstić information content (AvgIpc) is 3.38. The van der Waals surface area contributed by atoms with Crippen LogP contribution in [0.25, 0.3) is 0 Å². The number of nitrogens with one attached hydrogen (secondary N) is 1. The summed E-state index contributed by atoms with van der Waals surface area (Å²) in [5.74, 6) is -1.20. The van der Waals surface area contributed by atoms with Crippen molar-refractivity contribution in [1.29, 1.82) is 0 Å². The van der Waals surface area contributed by atoms with Gasteiger partial charge in [0.25, 0.3) is 0 Å². The summed E-state index contributed by atoms with van der Waals surface area (Å²) < 4.78 is 17.6. The summed E-state index contributed by atoms with van der Waals surface area (Å²) in [7, 11) is 0. The minimum Gasteiger partial charge on any atom is -0.454 e. The maximum Gasteiger partial charge on any atom is 0.306 e. The van der Waals surface area contributed by atoms with E-state index >= 15 is 0 Å². The molecule has 8 unspecified atom stereocenters. The van der Waals surface area contributed by atoms with Crippen LogP contribution in [-0.4, -0.2) is 99.6 Å². The maximum atomic E-state index is 13.4. The van der Waals surface area contributed by atoms with Crippen LogP contribution >= 0.6 is 0 Å². The zero-order chi connectivity index (χ0) is 52.5. The van der Waals surface area contributed by atoms with Gasteiger partial charge in [0.1, 0.15) is 24.4 Å². The normalized spacial score (nSPS) is 19.8. The quantitative estimate of drug-likeness (QED) is 0.0195. The van der Waals surface area contributed by atoms with Gasteiger partial charge in [0.05, 0.1) is 25.4 Å². The molecule has 8 atom stereocenters. The SMILES string of the molecule is CCCCC/C=C\C/C=C\CCCCCCCCC(O)C(=O)NC(COC1OC(CO)C(O)C(O)C1OC(=O)CCCCCCCCC/C=C\CCCCCC)C(O)/C=C/CCCCCCCCCCCC. The van der Waals surface area contributed by atoms with Crippen molar-refractivity contribution in [1.82, 2.24) is 5.32 Å². The van der Waals surface area contributed by atoms with E-state index in [0.29, 0.717) is 12.8 Å². The molecule has 1 aliphatic heterocycles. The highest BCUT2D eigenvalue weighted by atomic mass is 16.7. The Labute approximate surface area is 440 Å². The number of esters is 1. The lowest BCUT2D eigenvalue weighted by atomic mass is 9.99. The Bertz CT molecular complexity index is 1350. The van der Waals surface area contributed by atoms with E-state index < -0.39 is 67.4 Å². The summed E-state index contributed by atoms with van der Waals surface area (Å²) in [6, 6.07) is -1.03. The number of ether oxygens (including phenoxy) is 3. The van der Waals surface area contributed by atoms with Crippen LogP contribution in [0.15, 0.2) is 48.6 Å². The summed E-state index contributed by atoms with van der Waals surface area (Å²) >= 11 is 0. The summed E-state index contributed by atoms with van der Waals surface area (Å²) in [4.78, 5) is 26.5. The number of amides is 1. The molecule has 72 heavy (non-hydrogen) atoms. The summed E-state index contributed by atoms with van der Waals surface area (Å²) in [6.07, 6.45) is 48.6. The van der Waals surface area contributed by atoms with Gasteiger partial charge in [-0.05, 0) is 83.5 Å². The van der Waals surface area contributed by atoms with E-state index in [1.54, 1.807) is 6.08 Å². The number of hydrogen-bond donors (Lipinski definition) is 6. The molecule has 0 saturated carbocycles. The van der Waals surface area contributed by atoms with Gasteiger partial charge in [0.15, 0.2) is 12.4 Å². The standard InChI is InChI=1S/C61H111NO10/c1-4-7-10-13-16-19-22-25-27-29-30-33-36-39-42-45-48-54(65)60(69)62-52(53(64)47-44-41-38-35-32-24-21-18-15-12-9-6-3)51-70-61-59(58(68)57(67)55(50-63)71-61)72-56(66)49-46-43-40-37-34-31-28-26-23-20-17-14-11-8-5-2/h16,19-20,23,25,27,44,47,52-55,57-59,61,63-65,67-68H,4-15,17-18,21-22,24,26,28-43,45-46,48-51H2,1-3H3,(H,62,69)/b19-16-,23-20-,27-25-,47-44+. The van der Waals surface area contributed by atoms with Crippen LogP contribution in [0.1, 0.15) is 265 Å². The second-order valence-corrected chi connectivity index (χ2v) is 20.7. The molecule has 0 spiro atoms. The molecule has 0 aliphatic carbocycles. The number of aliphatic hydroxyl groups excluding tert-OH is 5. The molecule has 11 nitrogen and oxygen atoms in total. The number of hydrogen-bond acceptors (Lipinski definition) is 10. The molecule has 1 amide bonds. The Balaban J connectivity index is 2.72. The summed E-state index contributed by atoms with van der Waals surface area (Å²) in [5.41, 5.74) is 0. The fourth-order valence-electron chi connectivity index (χ4n) is 9.15. The zero-order valence-electron chi connectivity index (χ0n) is 46.3. The fourth-order valence-corrected chi connectivity index (χ4v) is 9.15. The van der Waals surface area contributed by atoms with Gasteiger partial charge in [-0.15, -0.1) is 0 Å². The number of rotatable bonds is 50. The largest absolute Gasteiger partial charge is 0.454 e. The highest BCUT2D eigenvalue weighted by Gasteiger charge is 2.47. The van der Waals surface area contributed by atoms with Crippen LogP contribution < -0.4 is 5.32 Å². The van der Waals surface area contributed by atoms with Crippen LogP contribution in [-0.2, 0) is 23.8 Å². The fraction of sp³-hybridized carbons (Fsp3) is 0.836. The van der Waals surface area contributed by atoms with E-state index in [4.69, 9.17) is 14.2 Å². The van der Waals surface area contributed by atoms with E-state index in [-0.39, 0.29) is 19.4 Å². The van der Waals surface area contributed by atoms with Crippen molar-refractivity contribution in [3.63, 3.8) is 0 Å². The second-order valence-electron chi connectivity index (χ2n) is 20.7. The van der Waals surface area contributed by atoms with Crippen molar-refractivity contribution in [2.24, 2.45) is 0 Å². The van der Waals surface area contributed by atoms with Gasteiger partial charge < -0.3 is 45.1 Å². The van der Waals surface area contributed by atoms with Crippen LogP contribution in [0.5, 0.6) is 0 Å². The Morgan fingerprint density at radius 3 is 1.47 bits per heavy atom. The lowest BCUT2D eigenvalue weighted by Crippen LogP contribution is -2.61. The van der Waals surface area contributed by atoms with Crippen molar-refractivity contribution in [3.8, 4) is 0 Å². The smallest absolute Gasteiger partial charge is 0.306 e. The van der Waals surface area contributed by atoms with Gasteiger partial charge >= 0.3 is 5.97 Å². The van der Waals surface area contributed by atoms with Crippen LogP contribution in [0.2, 0.25) is 0 Å². The number of unbranched alkanes of at least 4 members (excludes halogenated alkanes) is 30. The lowest BCUT2D eigenvalue weighted by molar-refractivity contribution is -0.305. The van der Waals surface area contributed by atoms with Crippen molar-refractivity contribution in [3.05, 3.63) is 48.6 Å². The van der Waals surface area contributed by atoms with Gasteiger partial charge in [-0.3, -0.25) is 9.59 Å². The molecule has 11 heteroatoms. The first-order valence-electron chi connectivity index (χ1n) is 29.9.